The standard InChI is InChI=1S/C31H31Cl3FN3O3/c1-36(19-20-3-6-22(32)7-4-20)29(39)24(21-5-9-26(33)27(34)17-21)11-14-38-15-12-31(13-16-38)25-18-23(35)8-10-28(25)37(2)30(40)41-31/h3-10,17-18,24H,11-16,19H2,1-2H3/t24-/m0/s1. The Morgan fingerprint density at radius 1 is 1.02 bits per heavy atom. The molecule has 2 aliphatic rings. The monoisotopic (exact) mass is 617 g/mol. The second-order valence-electron chi connectivity index (χ2n) is 10.8. The molecular weight excluding hydrogens is 588 g/mol. The third-order valence-corrected chi connectivity index (χ3v) is 9.11. The van der Waals surface area contributed by atoms with Crippen LogP contribution in [0.5, 0.6) is 0 Å². The van der Waals surface area contributed by atoms with E-state index in [-0.39, 0.29) is 11.7 Å². The Balaban J connectivity index is 1.30. The van der Waals surface area contributed by atoms with Gasteiger partial charge in [-0.05, 0) is 66.6 Å². The van der Waals surface area contributed by atoms with Crippen molar-refractivity contribution in [2.75, 3.05) is 38.6 Å². The third kappa shape index (κ3) is 6.33. The zero-order valence-corrected chi connectivity index (χ0v) is 25.1. The Hall–Kier alpha value is -2.84. The SMILES string of the molecule is CN(Cc1ccc(Cl)cc1)C(=O)[C@@H](CCN1CCC2(CC1)OC(=O)N(C)c1ccc(F)cc12)c1ccc(Cl)c(Cl)c1. The fourth-order valence-corrected chi connectivity index (χ4v) is 6.18. The smallest absolute Gasteiger partial charge is 0.414 e. The highest BCUT2D eigenvalue weighted by molar-refractivity contribution is 6.42. The lowest BCUT2D eigenvalue weighted by molar-refractivity contribution is -0.132. The molecule has 0 saturated carbocycles. The van der Waals surface area contributed by atoms with Crippen LogP contribution in [0.2, 0.25) is 15.1 Å². The zero-order valence-electron chi connectivity index (χ0n) is 22.9. The van der Waals surface area contributed by atoms with Crippen LogP contribution in [0.1, 0.15) is 41.9 Å². The van der Waals surface area contributed by atoms with Gasteiger partial charge in [0.05, 0.1) is 21.7 Å². The van der Waals surface area contributed by atoms with Gasteiger partial charge in [-0.2, -0.15) is 0 Å². The molecule has 0 aromatic heterocycles. The summed E-state index contributed by atoms with van der Waals surface area (Å²) in [7, 11) is 3.42. The molecule has 5 rings (SSSR count). The number of hydrogen-bond acceptors (Lipinski definition) is 4. The van der Waals surface area contributed by atoms with E-state index < -0.39 is 17.6 Å². The number of likely N-dealkylation sites (N-methyl/N-ethyl adjacent to an activating group) is 1. The van der Waals surface area contributed by atoms with Gasteiger partial charge in [0, 0.05) is 57.2 Å². The highest BCUT2D eigenvalue weighted by atomic mass is 35.5. The molecule has 1 spiro atoms. The van der Waals surface area contributed by atoms with Crippen LogP contribution < -0.4 is 4.90 Å². The van der Waals surface area contributed by atoms with Crippen molar-refractivity contribution in [1.82, 2.24) is 9.80 Å². The molecule has 2 aliphatic heterocycles. The topological polar surface area (TPSA) is 53.1 Å². The van der Waals surface area contributed by atoms with E-state index in [0.717, 1.165) is 11.1 Å². The van der Waals surface area contributed by atoms with Gasteiger partial charge in [0.25, 0.3) is 0 Å². The van der Waals surface area contributed by atoms with Gasteiger partial charge in [0.2, 0.25) is 5.91 Å². The molecule has 1 fully saturated rings. The summed E-state index contributed by atoms with van der Waals surface area (Å²) in [6.45, 7) is 2.35. The number of amides is 2. The Labute approximate surface area is 254 Å². The Morgan fingerprint density at radius 3 is 2.41 bits per heavy atom. The fraction of sp³-hybridized carbons (Fsp3) is 0.355. The molecule has 41 heavy (non-hydrogen) atoms. The van der Waals surface area contributed by atoms with Gasteiger partial charge in [-0.15, -0.1) is 0 Å². The van der Waals surface area contributed by atoms with E-state index >= 15 is 0 Å². The van der Waals surface area contributed by atoms with Crippen LogP contribution in [0.4, 0.5) is 14.9 Å². The summed E-state index contributed by atoms with van der Waals surface area (Å²) in [6, 6.07) is 17.2. The molecule has 0 radical (unpaired) electrons. The maximum absolute atomic E-state index is 14.2. The molecule has 6 nitrogen and oxygen atoms in total. The first-order valence-corrected chi connectivity index (χ1v) is 14.6. The van der Waals surface area contributed by atoms with E-state index in [1.807, 2.05) is 30.3 Å². The van der Waals surface area contributed by atoms with Gasteiger partial charge in [-0.3, -0.25) is 9.69 Å². The van der Waals surface area contributed by atoms with Crippen LogP contribution in [0.3, 0.4) is 0 Å². The molecule has 0 bridgehead atoms. The van der Waals surface area contributed by atoms with Crippen molar-refractivity contribution in [2.24, 2.45) is 0 Å². The van der Waals surface area contributed by atoms with Gasteiger partial charge in [-0.1, -0.05) is 53.0 Å². The number of fused-ring (bicyclic) bond motifs is 2. The van der Waals surface area contributed by atoms with Crippen LogP contribution in [0.15, 0.2) is 60.7 Å². The number of carbonyl (C=O) groups is 2. The average Bonchev–Trinajstić information content (AvgIpc) is 2.96. The summed E-state index contributed by atoms with van der Waals surface area (Å²) >= 11 is 18.5. The molecule has 2 heterocycles. The maximum atomic E-state index is 14.2. The minimum Gasteiger partial charge on any atom is -0.437 e. The van der Waals surface area contributed by atoms with Gasteiger partial charge in [0.1, 0.15) is 11.4 Å². The molecule has 2 amide bonds. The first-order valence-electron chi connectivity index (χ1n) is 13.5. The van der Waals surface area contributed by atoms with Crippen molar-refractivity contribution in [3.63, 3.8) is 0 Å². The average molecular weight is 619 g/mol. The molecule has 0 unspecified atom stereocenters. The lowest BCUT2D eigenvalue weighted by atomic mass is 9.81. The Kier molecular flexibility index (Phi) is 8.81. The van der Waals surface area contributed by atoms with Crippen molar-refractivity contribution in [3.05, 3.63) is 98.2 Å². The van der Waals surface area contributed by atoms with Gasteiger partial charge < -0.3 is 14.5 Å². The van der Waals surface area contributed by atoms with Crippen LogP contribution in [0, 0.1) is 5.82 Å². The molecule has 0 N–H and O–H groups in total. The summed E-state index contributed by atoms with van der Waals surface area (Å²) in [5, 5.41) is 1.47. The summed E-state index contributed by atoms with van der Waals surface area (Å²) in [4.78, 5) is 31.8. The van der Waals surface area contributed by atoms with E-state index in [4.69, 9.17) is 39.5 Å². The molecule has 3 aromatic carbocycles. The zero-order chi connectivity index (χ0) is 29.3. The first kappa shape index (κ1) is 29.6. The summed E-state index contributed by atoms with van der Waals surface area (Å²) in [6.07, 6.45) is 1.18. The highest BCUT2D eigenvalue weighted by Crippen LogP contribution is 2.45. The summed E-state index contributed by atoms with van der Waals surface area (Å²) < 4.78 is 20.1. The number of carbonyl (C=O) groups excluding carboxylic acids is 2. The highest BCUT2D eigenvalue weighted by Gasteiger charge is 2.46. The second kappa shape index (κ2) is 12.2. The number of piperidine rings is 1. The van der Waals surface area contributed by atoms with Crippen LogP contribution in [-0.2, 0) is 21.7 Å². The number of rotatable bonds is 7. The number of likely N-dealkylation sites (tertiary alicyclic amines) is 1. The lowest BCUT2D eigenvalue weighted by Gasteiger charge is -2.46. The van der Waals surface area contributed by atoms with Crippen molar-refractivity contribution in [1.29, 1.82) is 0 Å². The molecule has 3 aromatic rings. The predicted octanol–water partition coefficient (Wildman–Crippen LogP) is 7.50. The minimum absolute atomic E-state index is 0.0273. The molecule has 216 valence electrons. The van der Waals surface area contributed by atoms with Crippen LogP contribution in [-0.4, -0.2) is 55.5 Å². The van der Waals surface area contributed by atoms with Crippen molar-refractivity contribution in [2.45, 2.75) is 37.3 Å². The number of anilines is 1. The van der Waals surface area contributed by atoms with Crippen molar-refractivity contribution >= 4 is 52.5 Å². The molecule has 1 atom stereocenters. The van der Waals surface area contributed by atoms with E-state index in [1.165, 1.54) is 17.0 Å². The van der Waals surface area contributed by atoms with E-state index in [9.17, 15) is 14.0 Å². The number of halogens is 4. The third-order valence-electron chi connectivity index (χ3n) is 8.12. The Morgan fingerprint density at radius 2 is 1.73 bits per heavy atom. The number of benzene rings is 3. The first-order chi connectivity index (χ1) is 19.6. The van der Waals surface area contributed by atoms with Gasteiger partial charge in [-0.25, -0.2) is 9.18 Å². The maximum Gasteiger partial charge on any atom is 0.414 e. The number of nitrogens with zero attached hydrogens (tertiary/aromatic N) is 3. The van der Waals surface area contributed by atoms with Crippen LogP contribution >= 0.6 is 34.8 Å². The summed E-state index contributed by atoms with van der Waals surface area (Å²) in [5.74, 6) is -0.822. The van der Waals surface area contributed by atoms with Gasteiger partial charge in [0.15, 0.2) is 0 Å². The van der Waals surface area contributed by atoms with Crippen LogP contribution in [0.25, 0.3) is 0 Å². The normalized spacial score (nSPS) is 17.2. The van der Waals surface area contributed by atoms with E-state index in [0.29, 0.717) is 71.8 Å². The molecule has 10 heteroatoms. The fourth-order valence-electron chi connectivity index (χ4n) is 5.74. The largest absolute Gasteiger partial charge is 0.437 e. The molecule has 0 aliphatic carbocycles. The Bertz CT molecular complexity index is 1440. The lowest BCUT2D eigenvalue weighted by Crippen LogP contribution is -2.51. The van der Waals surface area contributed by atoms with Crippen molar-refractivity contribution < 1.29 is 18.7 Å². The van der Waals surface area contributed by atoms with E-state index in [2.05, 4.69) is 4.90 Å². The van der Waals surface area contributed by atoms with E-state index in [1.54, 1.807) is 37.2 Å². The predicted molar refractivity (Wildman–Crippen MR) is 160 cm³/mol. The molecular formula is C31H31Cl3FN3O3. The quantitative estimate of drug-likeness (QED) is 0.275. The van der Waals surface area contributed by atoms with Gasteiger partial charge >= 0.3 is 6.09 Å². The molecule has 1 saturated heterocycles. The number of hydrogen-bond donors (Lipinski definition) is 0. The minimum atomic E-state index is -0.866. The second-order valence-corrected chi connectivity index (χ2v) is 12.0. The summed E-state index contributed by atoms with van der Waals surface area (Å²) in [5.41, 5.74) is 2.28. The number of ether oxygens (including phenoxy) is 1. The van der Waals surface area contributed by atoms with Crippen molar-refractivity contribution in [3.8, 4) is 0 Å².